The zero-order valence-corrected chi connectivity index (χ0v) is 14.7. The molecule has 2 N–H and O–H groups in total. The van der Waals surface area contributed by atoms with Gasteiger partial charge in [0.25, 0.3) is 0 Å². The van der Waals surface area contributed by atoms with E-state index in [1.807, 2.05) is 30.3 Å². The number of halogens is 1. The molecule has 0 saturated carbocycles. The van der Waals surface area contributed by atoms with E-state index in [2.05, 4.69) is 10.3 Å². The minimum atomic E-state index is -0.794. The first-order chi connectivity index (χ1) is 12.1. The molecule has 0 aliphatic heterocycles. The van der Waals surface area contributed by atoms with Crippen LogP contribution in [0.3, 0.4) is 0 Å². The first-order valence-electron chi connectivity index (χ1n) is 7.81. The number of methoxy groups -OCH3 is 2. The van der Waals surface area contributed by atoms with Gasteiger partial charge in [0.05, 0.1) is 20.3 Å². The summed E-state index contributed by atoms with van der Waals surface area (Å²) in [5.41, 5.74) is 0.640. The van der Waals surface area contributed by atoms with Gasteiger partial charge in [-0.15, -0.1) is 0 Å². The van der Waals surface area contributed by atoms with Crippen LogP contribution in [0.15, 0.2) is 48.5 Å². The summed E-state index contributed by atoms with van der Waals surface area (Å²) in [5.74, 6) is 1.85. The molecule has 0 saturated heterocycles. The lowest BCUT2D eigenvalue weighted by Crippen LogP contribution is -2.14. The fourth-order valence-corrected chi connectivity index (χ4v) is 2.92. The molecule has 1 unspecified atom stereocenters. The largest absolute Gasteiger partial charge is 0.497 e. The smallest absolute Gasteiger partial charge is 0.139 e. The number of ether oxygens (including phenoxy) is 2. The molecule has 3 rings (SSSR count). The first kappa shape index (κ1) is 17.3. The Morgan fingerprint density at radius 3 is 2.68 bits per heavy atom. The Hall–Kier alpha value is -2.50. The summed E-state index contributed by atoms with van der Waals surface area (Å²) in [7, 11) is 3.15. The van der Waals surface area contributed by atoms with Gasteiger partial charge in [-0.05, 0) is 29.7 Å². The summed E-state index contributed by atoms with van der Waals surface area (Å²) in [6.45, 7) is 0.255. The number of pyridine rings is 1. The number of rotatable bonds is 6. The Morgan fingerprint density at radius 2 is 1.92 bits per heavy atom. The van der Waals surface area contributed by atoms with Gasteiger partial charge < -0.3 is 19.9 Å². The molecule has 1 heterocycles. The van der Waals surface area contributed by atoms with Crippen LogP contribution in [0.4, 0.5) is 5.82 Å². The van der Waals surface area contributed by atoms with Crippen molar-refractivity contribution in [3.8, 4) is 11.5 Å². The summed E-state index contributed by atoms with van der Waals surface area (Å²) < 4.78 is 10.5. The van der Waals surface area contributed by atoms with Crippen LogP contribution in [0.1, 0.15) is 11.7 Å². The minimum absolute atomic E-state index is 0.255. The standard InChI is InChI=1S/C19H19ClN2O3/c1-24-13-7-8-17(25-2)15(10-13)16(23)11-21-18-9-12-5-3-4-6-14(12)19(20)22-18/h3-10,16,23H,11H2,1-2H3,(H,21,22). The van der Waals surface area contributed by atoms with Gasteiger partial charge in [0, 0.05) is 17.5 Å². The summed E-state index contributed by atoms with van der Waals surface area (Å²) in [6.07, 6.45) is -0.794. The van der Waals surface area contributed by atoms with Crippen molar-refractivity contribution in [3.05, 3.63) is 59.2 Å². The van der Waals surface area contributed by atoms with E-state index in [1.54, 1.807) is 32.4 Å². The van der Waals surface area contributed by atoms with Gasteiger partial charge in [-0.25, -0.2) is 4.98 Å². The Morgan fingerprint density at radius 1 is 1.12 bits per heavy atom. The number of anilines is 1. The summed E-state index contributed by atoms with van der Waals surface area (Å²) >= 11 is 6.23. The second kappa shape index (κ2) is 7.59. The molecule has 130 valence electrons. The number of hydrogen-bond donors (Lipinski definition) is 2. The van der Waals surface area contributed by atoms with Gasteiger partial charge >= 0.3 is 0 Å². The summed E-state index contributed by atoms with van der Waals surface area (Å²) in [5, 5.41) is 16.0. The molecule has 0 amide bonds. The van der Waals surface area contributed by atoms with E-state index in [0.29, 0.717) is 28.0 Å². The normalized spacial score (nSPS) is 12.0. The van der Waals surface area contributed by atoms with Crippen molar-refractivity contribution in [2.75, 3.05) is 26.1 Å². The average molecular weight is 359 g/mol. The highest BCUT2D eigenvalue weighted by Gasteiger charge is 2.15. The average Bonchev–Trinajstić information content (AvgIpc) is 2.65. The van der Waals surface area contributed by atoms with Gasteiger partial charge in [-0.1, -0.05) is 35.9 Å². The maximum absolute atomic E-state index is 10.5. The molecule has 1 aromatic heterocycles. The molecular weight excluding hydrogens is 340 g/mol. The van der Waals surface area contributed by atoms with Gasteiger partial charge in [-0.2, -0.15) is 0 Å². The Labute approximate surface area is 151 Å². The molecule has 6 heteroatoms. The van der Waals surface area contributed by atoms with Crippen molar-refractivity contribution in [1.82, 2.24) is 4.98 Å². The van der Waals surface area contributed by atoms with Crippen molar-refractivity contribution >= 4 is 28.2 Å². The number of aliphatic hydroxyl groups is 1. The fraction of sp³-hybridized carbons (Fsp3) is 0.211. The number of fused-ring (bicyclic) bond motifs is 1. The first-order valence-corrected chi connectivity index (χ1v) is 8.19. The van der Waals surface area contributed by atoms with Gasteiger partial charge in [0.2, 0.25) is 0 Å². The number of aliphatic hydroxyl groups excluding tert-OH is 1. The number of aromatic nitrogens is 1. The summed E-state index contributed by atoms with van der Waals surface area (Å²) in [6, 6.07) is 15.0. The third-order valence-corrected chi connectivity index (χ3v) is 4.25. The zero-order chi connectivity index (χ0) is 17.8. The Bertz CT molecular complexity index is 886. The molecule has 0 bridgehead atoms. The lowest BCUT2D eigenvalue weighted by molar-refractivity contribution is 0.186. The maximum atomic E-state index is 10.5. The molecule has 1 atom stereocenters. The summed E-state index contributed by atoms with van der Waals surface area (Å²) in [4.78, 5) is 4.33. The molecular formula is C19H19ClN2O3. The maximum Gasteiger partial charge on any atom is 0.139 e. The van der Waals surface area contributed by atoms with Crippen molar-refractivity contribution in [1.29, 1.82) is 0 Å². The zero-order valence-electron chi connectivity index (χ0n) is 14.0. The van der Waals surface area contributed by atoms with E-state index in [9.17, 15) is 5.11 Å². The van der Waals surface area contributed by atoms with Gasteiger partial charge in [-0.3, -0.25) is 0 Å². The van der Waals surface area contributed by atoms with E-state index in [0.717, 1.165) is 10.8 Å². The fourth-order valence-electron chi connectivity index (χ4n) is 2.66. The predicted molar refractivity (Wildman–Crippen MR) is 99.7 cm³/mol. The van der Waals surface area contributed by atoms with E-state index in [4.69, 9.17) is 21.1 Å². The van der Waals surface area contributed by atoms with Gasteiger partial charge in [0.15, 0.2) is 0 Å². The van der Waals surface area contributed by atoms with Crippen LogP contribution in [0.25, 0.3) is 10.8 Å². The van der Waals surface area contributed by atoms with Gasteiger partial charge in [0.1, 0.15) is 22.5 Å². The monoisotopic (exact) mass is 358 g/mol. The van der Waals surface area contributed by atoms with E-state index >= 15 is 0 Å². The van der Waals surface area contributed by atoms with Crippen LogP contribution in [0.2, 0.25) is 5.15 Å². The number of benzene rings is 2. The third kappa shape index (κ3) is 3.78. The molecule has 5 nitrogen and oxygen atoms in total. The van der Waals surface area contributed by atoms with Crippen LogP contribution < -0.4 is 14.8 Å². The molecule has 0 fully saturated rings. The molecule has 2 aromatic carbocycles. The van der Waals surface area contributed by atoms with Crippen LogP contribution in [-0.2, 0) is 0 Å². The molecule has 0 aliphatic rings. The Balaban J connectivity index is 1.79. The van der Waals surface area contributed by atoms with E-state index in [1.165, 1.54) is 0 Å². The number of nitrogens with zero attached hydrogens (tertiary/aromatic N) is 1. The van der Waals surface area contributed by atoms with Crippen molar-refractivity contribution < 1.29 is 14.6 Å². The van der Waals surface area contributed by atoms with E-state index < -0.39 is 6.10 Å². The topological polar surface area (TPSA) is 63.6 Å². The minimum Gasteiger partial charge on any atom is -0.497 e. The quantitative estimate of drug-likeness (QED) is 0.651. The van der Waals surface area contributed by atoms with Crippen molar-refractivity contribution in [2.24, 2.45) is 0 Å². The van der Waals surface area contributed by atoms with Crippen LogP contribution in [-0.4, -0.2) is 30.9 Å². The second-order valence-electron chi connectivity index (χ2n) is 5.52. The van der Waals surface area contributed by atoms with Crippen LogP contribution in [0.5, 0.6) is 11.5 Å². The molecule has 3 aromatic rings. The third-order valence-electron chi connectivity index (χ3n) is 3.97. The van der Waals surface area contributed by atoms with E-state index in [-0.39, 0.29) is 6.54 Å². The van der Waals surface area contributed by atoms with Crippen molar-refractivity contribution in [3.63, 3.8) is 0 Å². The molecule has 25 heavy (non-hydrogen) atoms. The SMILES string of the molecule is COc1ccc(OC)c(C(O)CNc2cc3ccccc3c(Cl)n2)c1. The highest BCUT2D eigenvalue weighted by Crippen LogP contribution is 2.30. The predicted octanol–water partition coefficient (Wildman–Crippen LogP) is 4.05. The molecule has 0 radical (unpaired) electrons. The highest BCUT2D eigenvalue weighted by atomic mass is 35.5. The van der Waals surface area contributed by atoms with Crippen LogP contribution in [0, 0.1) is 0 Å². The van der Waals surface area contributed by atoms with Crippen LogP contribution >= 0.6 is 11.6 Å². The Kier molecular flexibility index (Phi) is 5.26. The molecule has 0 aliphatic carbocycles. The highest BCUT2D eigenvalue weighted by molar-refractivity contribution is 6.34. The van der Waals surface area contributed by atoms with Crippen molar-refractivity contribution in [2.45, 2.75) is 6.10 Å². The molecule has 0 spiro atoms. The number of nitrogens with one attached hydrogen (secondary N) is 1. The second-order valence-corrected chi connectivity index (χ2v) is 5.88. The lowest BCUT2D eigenvalue weighted by atomic mass is 10.1. The lowest BCUT2D eigenvalue weighted by Gasteiger charge is -2.17. The number of hydrogen-bond acceptors (Lipinski definition) is 5.